The average molecular weight is 1140 g/mol. The van der Waals surface area contributed by atoms with Crippen molar-refractivity contribution in [1.29, 1.82) is 0 Å². The lowest BCUT2D eigenvalue weighted by Crippen LogP contribution is -2.74. The van der Waals surface area contributed by atoms with E-state index < -0.39 is 8.07 Å². The van der Waals surface area contributed by atoms with Gasteiger partial charge in [0.05, 0.1) is 33.1 Å². The van der Waals surface area contributed by atoms with Crippen molar-refractivity contribution in [2.24, 2.45) is 0 Å². The van der Waals surface area contributed by atoms with Gasteiger partial charge in [0, 0.05) is 49.4 Å². The van der Waals surface area contributed by atoms with Crippen molar-refractivity contribution in [3.8, 4) is 61.6 Å². The fourth-order valence-electron chi connectivity index (χ4n) is 14.4. The summed E-state index contributed by atoms with van der Waals surface area (Å²) in [6, 6.07) is 129. The van der Waals surface area contributed by atoms with Gasteiger partial charge in [-0.1, -0.05) is 273 Å². The Labute approximate surface area is 512 Å². The second-order valence-corrected chi connectivity index (χ2v) is 27.0. The lowest BCUT2D eigenvalue weighted by atomic mass is 9.99. The molecule has 0 unspecified atom stereocenters. The number of fused-ring (bicyclic) bond motifs is 9. The summed E-state index contributed by atoms with van der Waals surface area (Å²) in [6.45, 7) is 0. The Balaban J connectivity index is 0.854. The van der Waals surface area contributed by atoms with Crippen LogP contribution in [0.4, 0.5) is 0 Å². The molecule has 0 bridgehead atoms. The van der Waals surface area contributed by atoms with Crippen LogP contribution in [0.1, 0.15) is 0 Å². The minimum Gasteiger partial charge on any atom is -0.309 e. The Hall–Kier alpha value is -11.3. The third-order valence-corrected chi connectivity index (χ3v) is 23.1. The van der Waals surface area contributed by atoms with E-state index in [-0.39, 0.29) is 0 Å². The molecule has 3 heterocycles. The highest BCUT2D eigenvalue weighted by atomic mass is 28.3. The molecule has 0 amide bonds. The first-order chi connectivity index (χ1) is 43.6. The normalized spacial score (nSPS) is 11.9. The highest BCUT2D eigenvalue weighted by Crippen LogP contribution is 2.42. The van der Waals surface area contributed by atoms with E-state index in [0.29, 0.717) is 0 Å². The minimum absolute atomic E-state index is 1.08. The number of hydrogen-bond donors (Lipinski definition) is 0. The molecule has 3 aromatic heterocycles. The van der Waals surface area contributed by atoms with Crippen molar-refractivity contribution in [3.63, 3.8) is 0 Å². The standard InChI is InChI=1S/C84H57N3Si/c1-6-23-58(24-7-1)63-45-49-82-77(54-63)78-55-64(59-25-8-2-9-26-59)46-50-83(78)85(82)66-47-48-76-75-37-18-21-40-81(75)87(84(76)57-66)68-52-65(51-67(56-68)86-79-38-19-16-35-73(79)74-36-17-20-39-80(74)86)61-43-41-60(42-44-61)62-27-22-34-72(53-62)88(69-28-10-3-11-29-69,70-30-12-4-13-31-70)71-32-14-5-15-33-71/h1-57H. The monoisotopic (exact) mass is 1140 g/mol. The molecule has 0 aliphatic rings. The molecular weight excluding hydrogens is 1080 g/mol. The Morgan fingerprint density at radius 2 is 0.489 bits per heavy atom. The number of benzene rings is 14. The van der Waals surface area contributed by atoms with E-state index in [1.54, 1.807) is 0 Å². The van der Waals surface area contributed by atoms with Crippen molar-refractivity contribution in [1.82, 2.24) is 13.7 Å². The van der Waals surface area contributed by atoms with Crippen LogP contribution in [-0.2, 0) is 0 Å². The molecule has 17 aromatic rings. The van der Waals surface area contributed by atoms with Gasteiger partial charge in [0.25, 0.3) is 0 Å². The first kappa shape index (κ1) is 51.1. The summed E-state index contributed by atoms with van der Waals surface area (Å²) < 4.78 is 7.44. The molecule has 4 heteroatoms. The van der Waals surface area contributed by atoms with Gasteiger partial charge in [0.2, 0.25) is 0 Å². The molecule has 412 valence electrons. The lowest BCUT2D eigenvalue weighted by molar-refractivity contribution is 1.13. The fourth-order valence-corrected chi connectivity index (χ4v) is 19.2. The molecule has 0 N–H and O–H groups in total. The zero-order valence-corrected chi connectivity index (χ0v) is 49.3. The van der Waals surface area contributed by atoms with Crippen LogP contribution in [0.3, 0.4) is 0 Å². The van der Waals surface area contributed by atoms with Crippen molar-refractivity contribution in [2.45, 2.75) is 0 Å². The Morgan fingerprint density at radius 3 is 0.966 bits per heavy atom. The summed E-state index contributed by atoms with van der Waals surface area (Å²) in [5.74, 6) is 0. The molecule has 0 saturated carbocycles. The van der Waals surface area contributed by atoms with Gasteiger partial charge in [-0.25, -0.2) is 0 Å². The second-order valence-electron chi connectivity index (χ2n) is 23.2. The fraction of sp³-hybridized carbons (Fsp3) is 0. The summed E-state index contributed by atoms with van der Waals surface area (Å²) in [5, 5.41) is 12.7. The predicted molar refractivity (Wildman–Crippen MR) is 375 cm³/mol. The summed E-state index contributed by atoms with van der Waals surface area (Å²) in [7, 11) is -2.75. The quantitative estimate of drug-likeness (QED) is 0.0906. The molecular formula is C84H57N3Si. The first-order valence-electron chi connectivity index (χ1n) is 30.4. The van der Waals surface area contributed by atoms with Gasteiger partial charge in [0.15, 0.2) is 8.07 Å². The van der Waals surface area contributed by atoms with Gasteiger partial charge < -0.3 is 13.7 Å². The van der Waals surface area contributed by atoms with E-state index in [4.69, 9.17) is 0 Å². The zero-order chi connectivity index (χ0) is 58.1. The van der Waals surface area contributed by atoms with Crippen LogP contribution in [0, 0.1) is 0 Å². The van der Waals surface area contributed by atoms with E-state index >= 15 is 0 Å². The molecule has 0 spiro atoms. The van der Waals surface area contributed by atoms with Gasteiger partial charge in [0.1, 0.15) is 0 Å². The van der Waals surface area contributed by atoms with Crippen LogP contribution in [-0.4, -0.2) is 21.8 Å². The van der Waals surface area contributed by atoms with Gasteiger partial charge in [-0.05, 0) is 138 Å². The maximum atomic E-state index is 2.51. The number of nitrogens with zero attached hydrogens (tertiary/aromatic N) is 3. The molecule has 14 aromatic carbocycles. The molecule has 0 aliphatic heterocycles. The topological polar surface area (TPSA) is 14.8 Å². The molecule has 17 rings (SSSR count). The van der Waals surface area contributed by atoms with E-state index in [2.05, 4.69) is 359 Å². The Bertz CT molecular complexity index is 5220. The van der Waals surface area contributed by atoms with Gasteiger partial charge in [-0.2, -0.15) is 0 Å². The zero-order valence-electron chi connectivity index (χ0n) is 48.3. The molecule has 3 nitrogen and oxygen atoms in total. The maximum Gasteiger partial charge on any atom is 0.179 e. The largest absolute Gasteiger partial charge is 0.309 e. The van der Waals surface area contributed by atoms with Crippen molar-refractivity contribution in [3.05, 3.63) is 346 Å². The highest BCUT2D eigenvalue weighted by Gasteiger charge is 2.41. The Morgan fingerprint density at radius 1 is 0.159 bits per heavy atom. The minimum atomic E-state index is -2.75. The highest BCUT2D eigenvalue weighted by molar-refractivity contribution is 7.20. The molecule has 0 fully saturated rings. The number of rotatable bonds is 11. The summed E-state index contributed by atoms with van der Waals surface area (Å²) in [4.78, 5) is 0. The van der Waals surface area contributed by atoms with Gasteiger partial charge in [-0.15, -0.1) is 0 Å². The van der Waals surface area contributed by atoms with Crippen LogP contribution >= 0.6 is 0 Å². The third-order valence-electron chi connectivity index (χ3n) is 18.4. The van der Waals surface area contributed by atoms with Crippen LogP contribution in [0.2, 0.25) is 0 Å². The average Bonchev–Trinajstić information content (AvgIpc) is 2.00. The van der Waals surface area contributed by atoms with Crippen LogP contribution in [0.5, 0.6) is 0 Å². The Kier molecular flexibility index (Phi) is 12.2. The lowest BCUT2D eigenvalue weighted by Gasteiger charge is -2.34. The molecule has 0 radical (unpaired) electrons. The summed E-state index contributed by atoms with van der Waals surface area (Å²) >= 11 is 0. The summed E-state index contributed by atoms with van der Waals surface area (Å²) in [6.07, 6.45) is 0. The van der Waals surface area contributed by atoms with Crippen molar-refractivity contribution >= 4 is 94.2 Å². The van der Waals surface area contributed by atoms with Crippen LogP contribution in [0.15, 0.2) is 346 Å². The van der Waals surface area contributed by atoms with E-state index in [0.717, 1.165) is 50.3 Å². The van der Waals surface area contributed by atoms with Crippen LogP contribution in [0.25, 0.3) is 127 Å². The second kappa shape index (κ2) is 21.0. The number of hydrogen-bond acceptors (Lipinski definition) is 0. The molecule has 0 aliphatic carbocycles. The van der Waals surface area contributed by atoms with E-state index in [1.807, 2.05) is 0 Å². The maximum absolute atomic E-state index is 2.75. The van der Waals surface area contributed by atoms with Crippen molar-refractivity contribution in [2.75, 3.05) is 0 Å². The SMILES string of the molecule is c1ccc(-c2ccc3c(c2)c2cc(-c4ccccc4)ccc2n3-c2ccc3c4ccccc4n(-c4cc(-c5ccc(-c6cccc([Si](c7ccccc7)(c7ccccc7)c7ccccc7)c6)cc5)cc(-n5c6ccccc6c6ccccc65)c4)c3c2)cc1. The smallest absolute Gasteiger partial charge is 0.179 e. The number of aromatic nitrogens is 3. The van der Waals surface area contributed by atoms with Crippen molar-refractivity contribution < 1.29 is 0 Å². The number of para-hydroxylation sites is 3. The first-order valence-corrected chi connectivity index (χ1v) is 32.4. The van der Waals surface area contributed by atoms with Gasteiger partial charge in [-0.3, -0.25) is 0 Å². The molecule has 0 atom stereocenters. The molecule has 0 saturated heterocycles. The van der Waals surface area contributed by atoms with E-state index in [9.17, 15) is 0 Å². The van der Waals surface area contributed by atoms with Gasteiger partial charge >= 0.3 is 0 Å². The third kappa shape index (κ3) is 8.33. The predicted octanol–water partition coefficient (Wildman–Crippen LogP) is 19.0. The summed E-state index contributed by atoms with van der Waals surface area (Å²) in [5.41, 5.74) is 19.7. The molecule has 88 heavy (non-hydrogen) atoms. The van der Waals surface area contributed by atoms with E-state index in [1.165, 1.54) is 97.5 Å². The van der Waals surface area contributed by atoms with Crippen LogP contribution < -0.4 is 20.7 Å².